The number of nitrogens with two attached hydrogens (primary N) is 2. The lowest BCUT2D eigenvalue weighted by molar-refractivity contribution is -0.142. The molecule has 0 spiro atoms. The highest BCUT2D eigenvalue weighted by Crippen LogP contribution is 2.13. The van der Waals surface area contributed by atoms with E-state index in [-0.39, 0.29) is 24.2 Å². The third kappa shape index (κ3) is 11.3. The summed E-state index contributed by atoms with van der Waals surface area (Å²) in [7, 11) is 0. The number of nitrogens with one attached hydrogen (secondary N) is 3. The number of amides is 3. The number of rotatable bonds is 17. The van der Waals surface area contributed by atoms with Crippen molar-refractivity contribution in [2.75, 3.05) is 6.54 Å². The molecule has 0 saturated heterocycles. The molecule has 0 aromatic carbocycles. The summed E-state index contributed by atoms with van der Waals surface area (Å²) >= 11 is 0. The molecular weight excluding hydrogens is 438 g/mol. The summed E-state index contributed by atoms with van der Waals surface area (Å²) < 4.78 is 0. The topological polar surface area (TPSA) is 177 Å². The van der Waals surface area contributed by atoms with Crippen molar-refractivity contribution in [2.45, 2.75) is 104 Å². The standard InChI is InChI=1S/C24H47N5O5/c1-7-15(5)19(26)22(31)29-20(16(6)8-2)23(32)28-18(13-14(3)4)21(30)27-17(24(33)34)11-9-10-12-25/h14-20H,7-13,25-26H2,1-6H3,(H,27,30)(H,28,32)(H,29,31)(H,33,34). The lowest BCUT2D eigenvalue weighted by Gasteiger charge is -2.29. The fourth-order valence-electron chi connectivity index (χ4n) is 3.45. The van der Waals surface area contributed by atoms with Crippen LogP contribution in [0.3, 0.4) is 0 Å². The first-order chi connectivity index (χ1) is 15.9. The zero-order chi connectivity index (χ0) is 26.4. The van der Waals surface area contributed by atoms with Crippen LogP contribution in [0.5, 0.6) is 0 Å². The van der Waals surface area contributed by atoms with Crippen LogP contribution in [0.2, 0.25) is 0 Å². The molecule has 34 heavy (non-hydrogen) atoms. The second kappa shape index (κ2) is 16.4. The number of carbonyl (C=O) groups is 4. The van der Waals surface area contributed by atoms with Gasteiger partial charge in [-0.2, -0.15) is 0 Å². The molecule has 6 unspecified atom stereocenters. The van der Waals surface area contributed by atoms with Crippen LogP contribution in [-0.4, -0.2) is 59.5 Å². The monoisotopic (exact) mass is 485 g/mol. The Labute approximate surface area is 204 Å². The highest BCUT2D eigenvalue weighted by atomic mass is 16.4. The van der Waals surface area contributed by atoms with Gasteiger partial charge < -0.3 is 32.5 Å². The molecule has 8 N–H and O–H groups in total. The highest BCUT2D eigenvalue weighted by molar-refractivity contribution is 5.94. The van der Waals surface area contributed by atoms with Crippen molar-refractivity contribution in [3.8, 4) is 0 Å². The molecule has 0 aromatic heterocycles. The number of hydrogen-bond donors (Lipinski definition) is 6. The third-order valence-corrected chi connectivity index (χ3v) is 6.25. The van der Waals surface area contributed by atoms with Crippen LogP contribution in [0, 0.1) is 17.8 Å². The summed E-state index contributed by atoms with van der Waals surface area (Å²) in [5.74, 6) is -2.78. The molecule has 6 atom stereocenters. The second-order valence-electron chi connectivity index (χ2n) is 9.66. The summed E-state index contributed by atoms with van der Waals surface area (Å²) in [6.45, 7) is 11.8. The summed E-state index contributed by atoms with van der Waals surface area (Å²) in [6, 6.07) is -3.61. The Bertz CT molecular complexity index is 658. The maximum atomic E-state index is 13.2. The Kier molecular flexibility index (Phi) is 15.4. The van der Waals surface area contributed by atoms with Gasteiger partial charge in [-0.3, -0.25) is 14.4 Å². The van der Waals surface area contributed by atoms with Gasteiger partial charge in [-0.1, -0.05) is 54.4 Å². The van der Waals surface area contributed by atoms with E-state index >= 15 is 0 Å². The SMILES string of the molecule is CCC(C)C(N)C(=O)NC(C(=O)NC(CC(C)C)C(=O)NC(CCCCN)C(=O)O)C(C)CC. The van der Waals surface area contributed by atoms with Crippen molar-refractivity contribution in [2.24, 2.45) is 29.2 Å². The Morgan fingerprint density at radius 3 is 1.82 bits per heavy atom. The van der Waals surface area contributed by atoms with Gasteiger partial charge in [0, 0.05) is 0 Å². The Hall–Kier alpha value is -2.20. The van der Waals surface area contributed by atoms with Gasteiger partial charge in [-0.15, -0.1) is 0 Å². The molecule has 10 nitrogen and oxygen atoms in total. The zero-order valence-corrected chi connectivity index (χ0v) is 21.7. The van der Waals surface area contributed by atoms with Crippen LogP contribution in [0.15, 0.2) is 0 Å². The molecule has 0 fully saturated rings. The van der Waals surface area contributed by atoms with Gasteiger partial charge in [0.05, 0.1) is 6.04 Å². The van der Waals surface area contributed by atoms with Crippen LogP contribution in [0.1, 0.15) is 80.1 Å². The van der Waals surface area contributed by atoms with Crippen molar-refractivity contribution in [1.82, 2.24) is 16.0 Å². The fraction of sp³-hybridized carbons (Fsp3) is 0.833. The van der Waals surface area contributed by atoms with E-state index in [9.17, 15) is 24.3 Å². The first-order valence-electron chi connectivity index (χ1n) is 12.5. The van der Waals surface area contributed by atoms with E-state index in [1.165, 1.54) is 0 Å². The minimum atomic E-state index is -1.14. The van der Waals surface area contributed by atoms with Crippen molar-refractivity contribution < 1.29 is 24.3 Å². The summed E-state index contributed by atoms with van der Waals surface area (Å²) in [5.41, 5.74) is 11.5. The van der Waals surface area contributed by atoms with E-state index in [1.807, 2.05) is 41.5 Å². The number of hydrogen-bond acceptors (Lipinski definition) is 6. The number of carboxylic acids is 1. The quantitative estimate of drug-likeness (QED) is 0.167. The number of carbonyl (C=O) groups excluding carboxylic acids is 3. The number of unbranched alkanes of at least 4 members (excludes halogenated alkanes) is 1. The second-order valence-corrected chi connectivity index (χ2v) is 9.66. The van der Waals surface area contributed by atoms with E-state index in [4.69, 9.17) is 11.5 Å². The highest BCUT2D eigenvalue weighted by Gasteiger charge is 2.33. The lowest BCUT2D eigenvalue weighted by atomic mass is 9.94. The fourth-order valence-corrected chi connectivity index (χ4v) is 3.45. The molecule has 0 aromatic rings. The van der Waals surface area contributed by atoms with Gasteiger partial charge in [0.15, 0.2) is 0 Å². The first-order valence-corrected chi connectivity index (χ1v) is 12.5. The van der Waals surface area contributed by atoms with Gasteiger partial charge >= 0.3 is 5.97 Å². The molecule has 0 rings (SSSR count). The van der Waals surface area contributed by atoms with Crippen LogP contribution < -0.4 is 27.4 Å². The molecule has 10 heteroatoms. The van der Waals surface area contributed by atoms with E-state index in [0.29, 0.717) is 32.2 Å². The normalized spacial score (nSPS) is 16.6. The summed E-state index contributed by atoms with van der Waals surface area (Å²) in [5, 5.41) is 17.5. The lowest BCUT2D eigenvalue weighted by Crippen LogP contribution is -2.59. The Balaban J connectivity index is 5.53. The minimum Gasteiger partial charge on any atom is -0.480 e. The van der Waals surface area contributed by atoms with Crippen molar-refractivity contribution >= 4 is 23.7 Å². The van der Waals surface area contributed by atoms with Gasteiger partial charge in [-0.25, -0.2) is 4.79 Å². The smallest absolute Gasteiger partial charge is 0.326 e. The van der Waals surface area contributed by atoms with E-state index < -0.39 is 47.9 Å². The van der Waals surface area contributed by atoms with Gasteiger partial charge in [-0.05, 0) is 50.0 Å². The summed E-state index contributed by atoms with van der Waals surface area (Å²) in [4.78, 5) is 50.4. The summed E-state index contributed by atoms with van der Waals surface area (Å²) in [6.07, 6.45) is 3.13. The molecule has 0 radical (unpaired) electrons. The molecule has 3 amide bonds. The van der Waals surface area contributed by atoms with Crippen molar-refractivity contribution in [3.63, 3.8) is 0 Å². The number of carboxylic acid groups (broad SMARTS) is 1. The first kappa shape index (κ1) is 31.8. The van der Waals surface area contributed by atoms with Crippen LogP contribution >= 0.6 is 0 Å². The number of aliphatic carboxylic acids is 1. The van der Waals surface area contributed by atoms with Gasteiger partial charge in [0.25, 0.3) is 0 Å². The van der Waals surface area contributed by atoms with Gasteiger partial charge in [0.1, 0.15) is 18.1 Å². The van der Waals surface area contributed by atoms with Crippen LogP contribution in [0.4, 0.5) is 0 Å². The maximum absolute atomic E-state index is 13.2. The largest absolute Gasteiger partial charge is 0.480 e. The molecule has 198 valence electrons. The minimum absolute atomic E-state index is 0.0488. The van der Waals surface area contributed by atoms with E-state index in [1.54, 1.807) is 0 Å². The molecule has 0 aliphatic rings. The predicted molar refractivity (Wildman–Crippen MR) is 133 cm³/mol. The average molecular weight is 486 g/mol. The predicted octanol–water partition coefficient (Wildman–Crippen LogP) is 1.12. The van der Waals surface area contributed by atoms with E-state index in [0.717, 1.165) is 6.42 Å². The molecule has 0 aliphatic heterocycles. The van der Waals surface area contributed by atoms with Crippen LogP contribution in [0.25, 0.3) is 0 Å². The van der Waals surface area contributed by atoms with Crippen molar-refractivity contribution in [1.29, 1.82) is 0 Å². The van der Waals surface area contributed by atoms with Crippen molar-refractivity contribution in [3.05, 3.63) is 0 Å². The molecule has 0 heterocycles. The van der Waals surface area contributed by atoms with Crippen LogP contribution in [-0.2, 0) is 19.2 Å². The molecule has 0 bridgehead atoms. The Morgan fingerprint density at radius 1 is 0.794 bits per heavy atom. The molecule has 0 aliphatic carbocycles. The van der Waals surface area contributed by atoms with Gasteiger partial charge in [0.2, 0.25) is 17.7 Å². The zero-order valence-electron chi connectivity index (χ0n) is 21.7. The molecule has 0 saturated carbocycles. The van der Waals surface area contributed by atoms with E-state index in [2.05, 4.69) is 16.0 Å². The average Bonchev–Trinajstić information content (AvgIpc) is 2.78. The molecular formula is C24H47N5O5. The maximum Gasteiger partial charge on any atom is 0.326 e. The third-order valence-electron chi connectivity index (χ3n) is 6.25. The Morgan fingerprint density at radius 2 is 1.35 bits per heavy atom.